The molecule has 21 heavy (non-hydrogen) atoms. The van der Waals surface area contributed by atoms with Crippen molar-refractivity contribution in [2.24, 2.45) is 11.3 Å². The Kier molecular flexibility index (Phi) is 4.50. The van der Waals surface area contributed by atoms with Gasteiger partial charge in [-0.15, -0.1) is 0 Å². The molecule has 1 fully saturated rings. The van der Waals surface area contributed by atoms with E-state index < -0.39 is 11.8 Å². The highest BCUT2D eigenvalue weighted by molar-refractivity contribution is 6.39. The van der Waals surface area contributed by atoms with Crippen molar-refractivity contribution in [2.75, 3.05) is 0 Å². The van der Waals surface area contributed by atoms with Crippen molar-refractivity contribution >= 4 is 11.8 Å². The first-order chi connectivity index (χ1) is 9.79. The first-order valence-electron chi connectivity index (χ1n) is 7.66. The number of hydrogen-bond donors (Lipinski definition) is 1. The van der Waals surface area contributed by atoms with Crippen LogP contribution >= 0.6 is 0 Å². The Bertz CT molecular complexity index is 532. The molecule has 3 nitrogen and oxygen atoms in total. The van der Waals surface area contributed by atoms with Gasteiger partial charge in [0.2, 0.25) is 0 Å². The Morgan fingerprint density at radius 3 is 2.24 bits per heavy atom. The third-order valence-electron chi connectivity index (χ3n) is 4.77. The van der Waals surface area contributed by atoms with Gasteiger partial charge in [0.05, 0.1) is 0 Å². The lowest BCUT2D eigenvalue weighted by Crippen LogP contribution is -2.25. The molecule has 1 N–H and O–H groups in total. The SMILES string of the molecule is CC(C)(C)C1CCC(c2cccc(C(=O)C(=O)O)c2)CC1. The number of aliphatic carboxylic acids is 1. The third kappa shape index (κ3) is 3.72. The predicted molar refractivity (Wildman–Crippen MR) is 82.6 cm³/mol. The average Bonchev–Trinajstić information content (AvgIpc) is 2.46. The van der Waals surface area contributed by atoms with Gasteiger partial charge in [0, 0.05) is 5.56 Å². The molecule has 2 rings (SSSR count). The summed E-state index contributed by atoms with van der Waals surface area (Å²) in [7, 11) is 0. The Hall–Kier alpha value is -1.64. The smallest absolute Gasteiger partial charge is 0.377 e. The van der Waals surface area contributed by atoms with Gasteiger partial charge in [0.25, 0.3) is 5.78 Å². The quantitative estimate of drug-likeness (QED) is 0.667. The van der Waals surface area contributed by atoms with Gasteiger partial charge in [0.1, 0.15) is 0 Å². The minimum Gasteiger partial charge on any atom is -0.475 e. The van der Waals surface area contributed by atoms with Gasteiger partial charge in [-0.05, 0) is 54.6 Å². The van der Waals surface area contributed by atoms with E-state index >= 15 is 0 Å². The monoisotopic (exact) mass is 288 g/mol. The molecule has 1 aromatic carbocycles. The third-order valence-corrected chi connectivity index (χ3v) is 4.77. The molecule has 0 amide bonds. The molecule has 0 aliphatic heterocycles. The van der Waals surface area contributed by atoms with E-state index in [-0.39, 0.29) is 5.56 Å². The zero-order valence-electron chi connectivity index (χ0n) is 13.1. The summed E-state index contributed by atoms with van der Waals surface area (Å²) in [6, 6.07) is 7.15. The van der Waals surface area contributed by atoms with Crippen molar-refractivity contribution in [3.8, 4) is 0 Å². The molecule has 1 aliphatic carbocycles. The van der Waals surface area contributed by atoms with Gasteiger partial charge in [-0.1, -0.05) is 39.0 Å². The highest BCUT2D eigenvalue weighted by Gasteiger charge is 2.30. The Balaban J connectivity index is 2.09. The minimum absolute atomic E-state index is 0.290. The number of hydrogen-bond acceptors (Lipinski definition) is 2. The lowest BCUT2D eigenvalue weighted by molar-refractivity contribution is -0.131. The minimum atomic E-state index is -1.39. The largest absolute Gasteiger partial charge is 0.475 e. The fourth-order valence-electron chi connectivity index (χ4n) is 3.35. The molecule has 0 spiro atoms. The van der Waals surface area contributed by atoms with Crippen LogP contribution in [0.2, 0.25) is 0 Å². The number of carbonyl (C=O) groups is 2. The summed E-state index contributed by atoms with van der Waals surface area (Å²) in [5, 5.41) is 8.81. The molecule has 0 heterocycles. The van der Waals surface area contributed by atoms with Gasteiger partial charge in [-0.3, -0.25) is 4.79 Å². The van der Waals surface area contributed by atoms with Gasteiger partial charge in [-0.25, -0.2) is 4.79 Å². The molecule has 0 saturated heterocycles. The van der Waals surface area contributed by atoms with E-state index in [2.05, 4.69) is 20.8 Å². The fourth-order valence-corrected chi connectivity index (χ4v) is 3.35. The number of carboxylic acid groups (broad SMARTS) is 1. The first-order valence-corrected chi connectivity index (χ1v) is 7.66. The second-order valence-electron chi connectivity index (χ2n) is 7.17. The van der Waals surface area contributed by atoms with Crippen LogP contribution < -0.4 is 0 Å². The van der Waals surface area contributed by atoms with Gasteiger partial charge in [-0.2, -0.15) is 0 Å². The van der Waals surface area contributed by atoms with Crippen LogP contribution in [0.5, 0.6) is 0 Å². The zero-order chi connectivity index (χ0) is 15.6. The molecule has 0 aromatic heterocycles. The summed E-state index contributed by atoms with van der Waals surface area (Å²) in [4.78, 5) is 22.4. The number of carbonyl (C=O) groups excluding carboxylic acids is 1. The van der Waals surface area contributed by atoms with E-state index in [0.717, 1.165) is 24.3 Å². The van der Waals surface area contributed by atoms with E-state index in [9.17, 15) is 9.59 Å². The van der Waals surface area contributed by atoms with Crippen LogP contribution in [0, 0.1) is 11.3 Å². The van der Waals surface area contributed by atoms with Crippen molar-refractivity contribution in [1.29, 1.82) is 0 Å². The van der Waals surface area contributed by atoms with E-state index in [1.165, 1.54) is 12.8 Å². The summed E-state index contributed by atoms with van der Waals surface area (Å²) < 4.78 is 0. The van der Waals surface area contributed by atoms with Crippen molar-refractivity contribution in [1.82, 2.24) is 0 Å². The highest BCUT2D eigenvalue weighted by Crippen LogP contribution is 2.43. The average molecular weight is 288 g/mol. The van der Waals surface area contributed by atoms with Crippen molar-refractivity contribution < 1.29 is 14.7 Å². The van der Waals surface area contributed by atoms with Crippen LogP contribution in [0.15, 0.2) is 24.3 Å². The molecule has 1 aromatic rings. The van der Waals surface area contributed by atoms with Gasteiger partial charge in [0.15, 0.2) is 0 Å². The Morgan fingerprint density at radius 1 is 1.10 bits per heavy atom. The van der Waals surface area contributed by atoms with Gasteiger partial charge >= 0.3 is 5.97 Å². The van der Waals surface area contributed by atoms with Crippen LogP contribution in [0.25, 0.3) is 0 Å². The summed E-state index contributed by atoms with van der Waals surface area (Å²) in [6.07, 6.45) is 4.63. The molecule has 0 unspecified atom stereocenters. The molecular weight excluding hydrogens is 264 g/mol. The highest BCUT2D eigenvalue weighted by atomic mass is 16.4. The van der Waals surface area contributed by atoms with Crippen LogP contribution in [0.4, 0.5) is 0 Å². The number of ketones is 1. The number of carboxylic acids is 1. The number of rotatable bonds is 3. The summed E-state index contributed by atoms with van der Waals surface area (Å²) in [6.45, 7) is 6.89. The van der Waals surface area contributed by atoms with Crippen molar-refractivity contribution in [3.05, 3.63) is 35.4 Å². The maximum atomic E-state index is 11.6. The molecule has 1 saturated carbocycles. The van der Waals surface area contributed by atoms with Crippen molar-refractivity contribution in [2.45, 2.75) is 52.4 Å². The van der Waals surface area contributed by atoms with E-state index in [1.807, 2.05) is 6.07 Å². The van der Waals surface area contributed by atoms with E-state index in [1.54, 1.807) is 18.2 Å². The molecule has 0 atom stereocenters. The number of Topliss-reactive ketones (excluding diaryl/α,β-unsaturated/α-hetero) is 1. The van der Waals surface area contributed by atoms with Gasteiger partial charge < -0.3 is 5.11 Å². The standard InChI is InChI=1S/C18H24O3/c1-18(2,3)15-9-7-12(8-10-15)13-5-4-6-14(11-13)16(19)17(20)21/h4-6,11-12,15H,7-10H2,1-3H3,(H,20,21). The molecular formula is C18H24O3. The van der Waals surface area contributed by atoms with Crippen LogP contribution in [0.3, 0.4) is 0 Å². The fraction of sp³-hybridized carbons (Fsp3) is 0.556. The lowest BCUT2D eigenvalue weighted by Gasteiger charge is -2.37. The summed E-state index contributed by atoms with van der Waals surface area (Å²) >= 11 is 0. The zero-order valence-corrected chi connectivity index (χ0v) is 13.1. The number of benzene rings is 1. The maximum Gasteiger partial charge on any atom is 0.377 e. The molecule has 0 bridgehead atoms. The summed E-state index contributed by atoms with van der Waals surface area (Å²) in [5.74, 6) is -1.01. The second-order valence-corrected chi connectivity index (χ2v) is 7.17. The Labute approximate surface area is 126 Å². The normalized spacial score (nSPS) is 22.8. The van der Waals surface area contributed by atoms with Crippen LogP contribution in [0.1, 0.15) is 68.3 Å². The summed E-state index contributed by atoms with van der Waals surface area (Å²) in [5.41, 5.74) is 1.75. The molecule has 114 valence electrons. The molecule has 3 heteroatoms. The van der Waals surface area contributed by atoms with E-state index in [4.69, 9.17) is 5.11 Å². The Morgan fingerprint density at radius 2 is 1.71 bits per heavy atom. The molecule has 1 aliphatic rings. The van der Waals surface area contributed by atoms with Crippen LogP contribution in [-0.2, 0) is 4.79 Å². The topological polar surface area (TPSA) is 54.4 Å². The van der Waals surface area contributed by atoms with Crippen LogP contribution in [-0.4, -0.2) is 16.9 Å². The van der Waals surface area contributed by atoms with Crippen molar-refractivity contribution in [3.63, 3.8) is 0 Å². The maximum absolute atomic E-state index is 11.6. The van der Waals surface area contributed by atoms with E-state index in [0.29, 0.717) is 11.3 Å². The second kappa shape index (κ2) is 6.00. The first kappa shape index (κ1) is 15.7. The molecule has 0 radical (unpaired) electrons. The lowest BCUT2D eigenvalue weighted by atomic mass is 9.68. The predicted octanol–water partition coefficient (Wildman–Crippen LogP) is 4.27.